The van der Waals surface area contributed by atoms with Crippen LogP contribution in [0.2, 0.25) is 0 Å². The van der Waals surface area contributed by atoms with Crippen LogP contribution in [0.1, 0.15) is 31.9 Å². The molecule has 2 heteroatoms. The molecule has 0 N–H and O–H groups in total. The zero-order valence-electron chi connectivity index (χ0n) is 18.6. The third-order valence-electron chi connectivity index (χ3n) is 5.82. The molecule has 2 nitrogen and oxygen atoms in total. The van der Waals surface area contributed by atoms with Crippen molar-refractivity contribution in [2.75, 3.05) is 0 Å². The van der Waals surface area contributed by atoms with Crippen molar-refractivity contribution in [3.63, 3.8) is 0 Å². The summed E-state index contributed by atoms with van der Waals surface area (Å²) < 4.78 is 6.43. The van der Waals surface area contributed by atoms with Crippen LogP contribution in [0, 0.1) is 12.3 Å². The van der Waals surface area contributed by atoms with E-state index in [-0.39, 0.29) is 5.41 Å². The number of rotatable bonds is 3. The summed E-state index contributed by atoms with van der Waals surface area (Å²) in [5, 5.41) is 2.29. The molecule has 2 heterocycles. The molecular formula is C29H27NO. The second kappa shape index (κ2) is 7.39. The first-order chi connectivity index (χ1) is 14.9. The van der Waals surface area contributed by atoms with Crippen molar-refractivity contribution in [1.29, 1.82) is 0 Å². The summed E-state index contributed by atoms with van der Waals surface area (Å²) in [6.07, 6.45) is 3.01. The van der Waals surface area contributed by atoms with Gasteiger partial charge >= 0.3 is 0 Å². The van der Waals surface area contributed by atoms with E-state index in [1.807, 2.05) is 18.3 Å². The number of aryl methyl sites for hydroxylation is 1. The number of para-hydroxylation sites is 1. The summed E-state index contributed by atoms with van der Waals surface area (Å²) in [5.41, 5.74) is 8.99. The van der Waals surface area contributed by atoms with Gasteiger partial charge in [-0.2, -0.15) is 0 Å². The van der Waals surface area contributed by atoms with Crippen LogP contribution in [0.3, 0.4) is 0 Å². The highest BCUT2D eigenvalue weighted by Gasteiger charge is 2.19. The summed E-state index contributed by atoms with van der Waals surface area (Å²) in [5.74, 6) is 0. The molecule has 0 saturated heterocycles. The van der Waals surface area contributed by atoms with Gasteiger partial charge in [0.05, 0.1) is 5.69 Å². The number of benzene rings is 3. The second-order valence-corrected chi connectivity index (χ2v) is 9.56. The quantitative estimate of drug-likeness (QED) is 0.302. The number of fused-ring (bicyclic) bond motifs is 3. The maximum Gasteiger partial charge on any atom is 0.145 e. The molecule has 31 heavy (non-hydrogen) atoms. The summed E-state index contributed by atoms with van der Waals surface area (Å²) in [6, 6.07) is 25.4. The van der Waals surface area contributed by atoms with Crippen molar-refractivity contribution < 1.29 is 4.42 Å². The van der Waals surface area contributed by atoms with Gasteiger partial charge in [-0.1, -0.05) is 75.4 Å². The third-order valence-corrected chi connectivity index (χ3v) is 5.82. The molecule has 0 spiro atoms. The molecule has 0 bridgehead atoms. The van der Waals surface area contributed by atoms with Gasteiger partial charge in [0.1, 0.15) is 11.2 Å². The molecule has 2 aromatic heterocycles. The Bertz CT molecular complexity index is 1390. The lowest BCUT2D eigenvalue weighted by molar-refractivity contribution is 0.410. The Morgan fingerprint density at radius 3 is 2.32 bits per heavy atom. The summed E-state index contributed by atoms with van der Waals surface area (Å²) in [6.45, 7) is 8.98. The minimum atomic E-state index is 0.217. The minimum Gasteiger partial charge on any atom is -0.455 e. The fourth-order valence-corrected chi connectivity index (χ4v) is 4.36. The number of hydrogen-bond donors (Lipinski definition) is 0. The predicted molar refractivity (Wildman–Crippen MR) is 130 cm³/mol. The van der Waals surface area contributed by atoms with Gasteiger partial charge in [-0.25, -0.2) is 0 Å². The molecule has 0 aliphatic heterocycles. The number of hydrogen-bond acceptors (Lipinski definition) is 2. The first kappa shape index (κ1) is 19.6. The average molecular weight is 406 g/mol. The van der Waals surface area contributed by atoms with E-state index in [1.54, 1.807) is 0 Å². The van der Waals surface area contributed by atoms with E-state index in [9.17, 15) is 0 Å². The lowest BCUT2D eigenvalue weighted by Crippen LogP contribution is -2.10. The van der Waals surface area contributed by atoms with Gasteiger partial charge in [-0.15, -0.1) is 0 Å². The molecule has 0 aliphatic carbocycles. The van der Waals surface area contributed by atoms with Gasteiger partial charge in [0.2, 0.25) is 0 Å². The molecule has 3 aromatic carbocycles. The van der Waals surface area contributed by atoms with E-state index < -0.39 is 0 Å². The van der Waals surface area contributed by atoms with Crippen LogP contribution in [-0.4, -0.2) is 4.98 Å². The van der Waals surface area contributed by atoms with Crippen LogP contribution >= 0.6 is 0 Å². The van der Waals surface area contributed by atoms with Gasteiger partial charge < -0.3 is 4.42 Å². The van der Waals surface area contributed by atoms with Crippen LogP contribution < -0.4 is 0 Å². The Morgan fingerprint density at radius 1 is 0.839 bits per heavy atom. The van der Waals surface area contributed by atoms with Crippen LogP contribution in [0.25, 0.3) is 44.3 Å². The third kappa shape index (κ3) is 3.63. The van der Waals surface area contributed by atoms with Gasteiger partial charge in [0.15, 0.2) is 0 Å². The van der Waals surface area contributed by atoms with Crippen LogP contribution in [-0.2, 0) is 6.42 Å². The smallest absolute Gasteiger partial charge is 0.145 e. The van der Waals surface area contributed by atoms with Gasteiger partial charge in [0.25, 0.3) is 0 Å². The Balaban J connectivity index is 1.78. The van der Waals surface area contributed by atoms with E-state index in [2.05, 4.69) is 88.4 Å². The Labute approximate surface area is 183 Å². The maximum atomic E-state index is 6.43. The highest BCUT2D eigenvalue weighted by molar-refractivity contribution is 6.16. The van der Waals surface area contributed by atoms with Crippen LogP contribution in [0.15, 0.2) is 83.4 Å². The van der Waals surface area contributed by atoms with E-state index in [0.717, 1.165) is 39.6 Å². The first-order valence-electron chi connectivity index (χ1n) is 10.9. The fraction of sp³-hybridized carbons (Fsp3) is 0.207. The number of furan rings is 1. The molecule has 5 aromatic rings. The predicted octanol–water partition coefficient (Wildman–Crippen LogP) is 8.21. The summed E-state index contributed by atoms with van der Waals surface area (Å²) in [7, 11) is 0. The molecule has 0 saturated carbocycles. The molecule has 5 rings (SSSR count). The van der Waals surface area contributed by atoms with Crippen molar-refractivity contribution in [1.82, 2.24) is 4.98 Å². The summed E-state index contributed by atoms with van der Waals surface area (Å²) >= 11 is 0. The van der Waals surface area contributed by atoms with Crippen molar-refractivity contribution in [2.24, 2.45) is 5.41 Å². The van der Waals surface area contributed by atoms with E-state index in [4.69, 9.17) is 9.40 Å². The van der Waals surface area contributed by atoms with Crippen molar-refractivity contribution in [3.8, 4) is 22.4 Å². The normalized spacial score (nSPS) is 12.0. The molecular weight excluding hydrogens is 378 g/mol. The van der Waals surface area contributed by atoms with Gasteiger partial charge in [0, 0.05) is 22.5 Å². The van der Waals surface area contributed by atoms with Crippen LogP contribution in [0.4, 0.5) is 0 Å². The Morgan fingerprint density at radius 2 is 1.55 bits per heavy atom. The van der Waals surface area contributed by atoms with E-state index >= 15 is 0 Å². The monoisotopic (exact) mass is 405 g/mol. The highest BCUT2D eigenvalue weighted by atomic mass is 16.3. The van der Waals surface area contributed by atoms with Crippen molar-refractivity contribution in [3.05, 3.63) is 90.1 Å². The largest absolute Gasteiger partial charge is 0.455 e. The first-order valence-corrected chi connectivity index (χ1v) is 10.9. The molecule has 0 fully saturated rings. The van der Waals surface area contributed by atoms with Crippen molar-refractivity contribution >= 4 is 21.9 Å². The fourth-order valence-electron chi connectivity index (χ4n) is 4.36. The standard InChI is InChI=1S/C29H27NO/c1-19-18-30-25(16-21(19)17-29(2,3)4)23-15-14-22(20-10-6-5-7-11-20)27-24-12-8-9-13-26(24)31-28(23)27/h5-16,18H,17H2,1-4H3. The highest BCUT2D eigenvalue weighted by Crippen LogP contribution is 2.41. The number of nitrogens with zero attached hydrogens (tertiary/aromatic N) is 1. The SMILES string of the molecule is Cc1cnc(-c2ccc(-c3ccccc3)c3c2oc2ccccc23)cc1CC(C)(C)C. The minimum absolute atomic E-state index is 0.217. The lowest BCUT2D eigenvalue weighted by Gasteiger charge is -2.20. The topological polar surface area (TPSA) is 26.0 Å². The van der Waals surface area contributed by atoms with Gasteiger partial charge in [-0.3, -0.25) is 4.98 Å². The zero-order valence-corrected chi connectivity index (χ0v) is 18.6. The van der Waals surface area contributed by atoms with E-state index in [1.165, 1.54) is 22.3 Å². The average Bonchev–Trinajstić information content (AvgIpc) is 3.14. The molecule has 0 amide bonds. The lowest BCUT2D eigenvalue weighted by atomic mass is 9.86. The molecule has 154 valence electrons. The van der Waals surface area contributed by atoms with Crippen molar-refractivity contribution in [2.45, 2.75) is 34.1 Å². The van der Waals surface area contributed by atoms with Crippen LogP contribution in [0.5, 0.6) is 0 Å². The summed E-state index contributed by atoms with van der Waals surface area (Å²) in [4.78, 5) is 4.80. The zero-order chi connectivity index (χ0) is 21.6. The Kier molecular flexibility index (Phi) is 4.66. The van der Waals surface area contributed by atoms with Gasteiger partial charge in [-0.05, 0) is 59.2 Å². The maximum absolute atomic E-state index is 6.43. The number of pyridine rings is 1. The molecule has 0 aliphatic rings. The molecule has 0 unspecified atom stereocenters. The molecule has 0 atom stereocenters. The van der Waals surface area contributed by atoms with E-state index in [0.29, 0.717) is 0 Å². The number of aromatic nitrogens is 1. The second-order valence-electron chi connectivity index (χ2n) is 9.56. The molecule has 0 radical (unpaired) electrons. The Hall–Kier alpha value is -3.39.